The van der Waals surface area contributed by atoms with Crippen LogP contribution in [-0.4, -0.2) is 37.9 Å². The Labute approximate surface area is 173 Å². The van der Waals surface area contributed by atoms with E-state index in [1.54, 1.807) is 13.8 Å². The Morgan fingerprint density at radius 1 is 1.07 bits per heavy atom. The molecule has 2 unspecified atom stereocenters. The Bertz CT molecular complexity index is 667. The molecule has 0 aliphatic heterocycles. The molecule has 1 aromatic carbocycles. The number of ether oxygens (including phenoxy) is 2. The Hall–Kier alpha value is -2.44. The summed E-state index contributed by atoms with van der Waals surface area (Å²) in [6.07, 6.45) is 0.951. The summed E-state index contributed by atoms with van der Waals surface area (Å²) in [5, 5.41) is 0. The van der Waals surface area contributed by atoms with E-state index in [9.17, 15) is 9.59 Å². The fourth-order valence-electron chi connectivity index (χ4n) is 2.39. The van der Waals surface area contributed by atoms with Crippen LogP contribution in [0.15, 0.2) is 54.6 Å². The van der Waals surface area contributed by atoms with Gasteiger partial charge in [-0.3, -0.25) is 0 Å². The molecule has 0 amide bonds. The number of esters is 2. The highest BCUT2D eigenvalue weighted by Gasteiger charge is 2.28. The van der Waals surface area contributed by atoms with Crippen molar-refractivity contribution in [3.63, 3.8) is 0 Å². The highest BCUT2D eigenvalue weighted by molar-refractivity contribution is 5.86. The van der Waals surface area contributed by atoms with Crippen LogP contribution in [0.3, 0.4) is 0 Å². The van der Waals surface area contributed by atoms with Gasteiger partial charge in [-0.05, 0) is 32.3 Å². The minimum absolute atomic E-state index is 0.0816. The first-order chi connectivity index (χ1) is 13.8. The standard InChI is InChI=1S/C23H32O6/c1-6-7-13-26-23(25)21(29-28-15-17(2)3)14-20(16-27-22(24)18(4)5)19-11-9-8-10-12-19/h8-12,20-21H,2,4,6-7,13-16H2,1,3,5H3. The van der Waals surface area contributed by atoms with Gasteiger partial charge in [0.25, 0.3) is 0 Å². The van der Waals surface area contributed by atoms with Gasteiger partial charge in [-0.1, -0.05) is 62.4 Å². The van der Waals surface area contributed by atoms with E-state index in [0.717, 1.165) is 24.0 Å². The molecule has 0 radical (unpaired) electrons. The van der Waals surface area contributed by atoms with Crippen LogP contribution in [0, 0.1) is 0 Å². The molecule has 6 heteroatoms. The molecule has 0 fully saturated rings. The summed E-state index contributed by atoms with van der Waals surface area (Å²) in [5.74, 6) is -1.27. The molecule has 160 valence electrons. The zero-order valence-electron chi connectivity index (χ0n) is 17.6. The molecular weight excluding hydrogens is 372 g/mol. The lowest BCUT2D eigenvalue weighted by atomic mass is 9.94. The SMILES string of the molecule is C=C(C)COOC(CC(COC(=O)C(=C)C)c1ccccc1)C(=O)OCCCC. The molecule has 0 aliphatic rings. The van der Waals surface area contributed by atoms with Crippen molar-refractivity contribution in [2.75, 3.05) is 19.8 Å². The summed E-state index contributed by atoms with van der Waals surface area (Å²) in [4.78, 5) is 34.9. The van der Waals surface area contributed by atoms with Gasteiger partial charge in [-0.25, -0.2) is 19.4 Å². The van der Waals surface area contributed by atoms with Crippen molar-refractivity contribution in [1.82, 2.24) is 0 Å². The number of hydrogen-bond donors (Lipinski definition) is 0. The molecule has 1 rings (SSSR count). The lowest BCUT2D eigenvalue weighted by Gasteiger charge is -2.22. The van der Waals surface area contributed by atoms with Crippen molar-refractivity contribution in [3.8, 4) is 0 Å². The van der Waals surface area contributed by atoms with E-state index in [1.165, 1.54) is 0 Å². The van der Waals surface area contributed by atoms with Crippen molar-refractivity contribution in [1.29, 1.82) is 0 Å². The Morgan fingerprint density at radius 3 is 2.34 bits per heavy atom. The summed E-state index contributed by atoms with van der Waals surface area (Å²) >= 11 is 0. The number of carbonyl (C=O) groups is 2. The maximum Gasteiger partial charge on any atom is 0.338 e. The largest absolute Gasteiger partial charge is 0.464 e. The molecule has 6 nitrogen and oxygen atoms in total. The molecule has 0 saturated carbocycles. The van der Waals surface area contributed by atoms with Gasteiger partial charge >= 0.3 is 11.9 Å². The Balaban J connectivity index is 2.91. The van der Waals surface area contributed by atoms with Gasteiger partial charge in [0.05, 0.1) is 13.2 Å². The Morgan fingerprint density at radius 2 is 1.76 bits per heavy atom. The van der Waals surface area contributed by atoms with Crippen LogP contribution in [0.2, 0.25) is 0 Å². The normalized spacial score (nSPS) is 12.7. The molecule has 0 saturated heterocycles. The first-order valence-electron chi connectivity index (χ1n) is 9.82. The topological polar surface area (TPSA) is 71.1 Å². The van der Waals surface area contributed by atoms with Crippen LogP contribution >= 0.6 is 0 Å². The summed E-state index contributed by atoms with van der Waals surface area (Å²) in [6, 6.07) is 9.48. The molecule has 0 spiro atoms. The molecule has 1 aromatic rings. The number of benzene rings is 1. The summed E-state index contributed by atoms with van der Waals surface area (Å²) < 4.78 is 10.7. The van der Waals surface area contributed by atoms with Gasteiger partial charge in [-0.2, -0.15) is 0 Å². The smallest absolute Gasteiger partial charge is 0.338 e. The average molecular weight is 405 g/mol. The van der Waals surface area contributed by atoms with Crippen molar-refractivity contribution in [2.24, 2.45) is 0 Å². The van der Waals surface area contributed by atoms with Gasteiger partial charge in [0.15, 0.2) is 6.10 Å². The zero-order valence-corrected chi connectivity index (χ0v) is 17.6. The molecule has 0 heterocycles. The zero-order chi connectivity index (χ0) is 21.6. The van der Waals surface area contributed by atoms with Gasteiger partial charge in [0.1, 0.15) is 6.61 Å². The van der Waals surface area contributed by atoms with Gasteiger partial charge in [0, 0.05) is 11.5 Å². The van der Waals surface area contributed by atoms with E-state index in [1.807, 2.05) is 37.3 Å². The molecule has 0 aromatic heterocycles. The van der Waals surface area contributed by atoms with Crippen LogP contribution in [0.4, 0.5) is 0 Å². The molecule has 2 atom stereocenters. The third kappa shape index (κ3) is 10.1. The first kappa shape index (κ1) is 24.6. The maximum absolute atomic E-state index is 12.5. The van der Waals surface area contributed by atoms with Crippen LogP contribution < -0.4 is 0 Å². The third-order valence-electron chi connectivity index (χ3n) is 4.03. The number of carbonyl (C=O) groups excluding carboxylic acids is 2. The van der Waals surface area contributed by atoms with E-state index in [-0.39, 0.29) is 25.6 Å². The number of unbranched alkanes of at least 4 members (excludes halogenated alkanes) is 1. The van der Waals surface area contributed by atoms with Gasteiger partial charge in [0.2, 0.25) is 0 Å². The third-order valence-corrected chi connectivity index (χ3v) is 4.03. The van der Waals surface area contributed by atoms with E-state index in [0.29, 0.717) is 12.2 Å². The first-order valence-corrected chi connectivity index (χ1v) is 9.82. The fourth-order valence-corrected chi connectivity index (χ4v) is 2.39. The van der Waals surface area contributed by atoms with Crippen LogP contribution in [0.1, 0.15) is 51.5 Å². The second-order valence-corrected chi connectivity index (χ2v) is 7.05. The van der Waals surface area contributed by atoms with Crippen LogP contribution in [-0.2, 0) is 28.8 Å². The van der Waals surface area contributed by atoms with Crippen molar-refractivity contribution >= 4 is 11.9 Å². The van der Waals surface area contributed by atoms with Gasteiger partial charge < -0.3 is 9.47 Å². The number of hydrogen-bond acceptors (Lipinski definition) is 6. The van der Waals surface area contributed by atoms with Crippen LogP contribution in [0.5, 0.6) is 0 Å². The lowest BCUT2D eigenvalue weighted by Crippen LogP contribution is -2.30. The van der Waals surface area contributed by atoms with Crippen molar-refractivity contribution in [3.05, 3.63) is 60.2 Å². The second-order valence-electron chi connectivity index (χ2n) is 7.05. The van der Waals surface area contributed by atoms with E-state index in [4.69, 9.17) is 19.2 Å². The van der Waals surface area contributed by atoms with Crippen LogP contribution in [0.25, 0.3) is 0 Å². The molecular formula is C23H32O6. The highest BCUT2D eigenvalue weighted by atomic mass is 17.2. The summed E-state index contributed by atoms with van der Waals surface area (Å²) in [7, 11) is 0. The molecule has 0 aliphatic carbocycles. The molecule has 0 bridgehead atoms. The van der Waals surface area contributed by atoms with E-state index >= 15 is 0 Å². The second kappa shape index (κ2) is 13.7. The molecule has 0 N–H and O–H groups in total. The lowest BCUT2D eigenvalue weighted by molar-refractivity contribution is -0.317. The van der Waals surface area contributed by atoms with Gasteiger partial charge in [-0.15, -0.1) is 0 Å². The van der Waals surface area contributed by atoms with E-state index < -0.39 is 18.0 Å². The van der Waals surface area contributed by atoms with E-state index in [2.05, 4.69) is 13.2 Å². The average Bonchev–Trinajstić information content (AvgIpc) is 2.69. The maximum atomic E-state index is 12.5. The summed E-state index contributed by atoms with van der Waals surface area (Å²) in [5.41, 5.74) is 1.99. The number of rotatable bonds is 14. The van der Waals surface area contributed by atoms with Crippen molar-refractivity contribution in [2.45, 2.75) is 52.1 Å². The fraction of sp³-hybridized carbons (Fsp3) is 0.478. The highest BCUT2D eigenvalue weighted by Crippen LogP contribution is 2.24. The Kier molecular flexibility index (Phi) is 11.6. The predicted octanol–water partition coefficient (Wildman–Crippen LogP) is 4.52. The minimum atomic E-state index is -0.958. The molecule has 29 heavy (non-hydrogen) atoms. The van der Waals surface area contributed by atoms with Crippen molar-refractivity contribution < 1.29 is 28.8 Å². The minimum Gasteiger partial charge on any atom is -0.464 e. The monoisotopic (exact) mass is 404 g/mol. The summed E-state index contributed by atoms with van der Waals surface area (Å²) in [6.45, 7) is 13.3. The quantitative estimate of drug-likeness (QED) is 0.113. The predicted molar refractivity (Wildman–Crippen MR) is 111 cm³/mol.